The number of hydrogen-bond donors (Lipinski definition) is 3. The van der Waals surface area contributed by atoms with E-state index in [1.807, 2.05) is 24.3 Å². The van der Waals surface area contributed by atoms with Gasteiger partial charge in [0, 0.05) is 17.3 Å². The van der Waals surface area contributed by atoms with Gasteiger partial charge in [-0.15, -0.1) is 0 Å². The summed E-state index contributed by atoms with van der Waals surface area (Å²) >= 11 is 0. The first-order valence-electron chi connectivity index (χ1n) is 5.17. The molecule has 0 heterocycles. The zero-order valence-electron chi connectivity index (χ0n) is 9.14. The average Bonchev–Trinajstić information content (AvgIpc) is 2.34. The summed E-state index contributed by atoms with van der Waals surface area (Å²) in [6.45, 7) is 0. The van der Waals surface area contributed by atoms with Crippen molar-refractivity contribution < 1.29 is 5.11 Å². The maximum atomic E-state index is 9.51. The molecule has 17 heavy (non-hydrogen) atoms. The van der Waals surface area contributed by atoms with Crippen LogP contribution in [0.5, 0.6) is 5.75 Å². The number of nitrogen functional groups attached to an aromatic ring is 1. The molecule has 0 radical (unpaired) electrons. The Morgan fingerprint density at radius 1 is 1.00 bits per heavy atom. The molecule has 0 atom stereocenters. The molecule has 2 rings (SSSR count). The van der Waals surface area contributed by atoms with Crippen LogP contribution in [0.3, 0.4) is 0 Å². The second kappa shape index (κ2) is 4.95. The zero-order chi connectivity index (χ0) is 12.1. The van der Waals surface area contributed by atoms with Crippen molar-refractivity contribution in [2.75, 3.05) is 11.1 Å². The molecule has 0 aliphatic carbocycles. The molecule has 0 aliphatic heterocycles. The van der Waals surface area contributed by atoms with Gasteiger partial charge in [0.1, 0.15) is 5.75 Å². The van der Waals surface area contributed by atoms with E-state index in [2.05, 4.69) is 17.3 Å². The van der Waals surface area contributed by atoms with Crippen LogP contribution in [-0.4, -0.2) is 5.11 Å². The molecule has 0 aromatic heterocycles. The topological polar surface area (TPSA) is 58.3 Å². The second-order valence-electron chi connectivity index (χ2n) is 3.48. The van der Waals surface area contributed by atoms with Crippen molar-refractivity contribution in [1.29, 1.82) is 0 Å². The lowest BCUT2D eigenvalue weighted by molar-refractivity contribution is 0.478. The van der Waals surface area contributed by atoms with Gasteiger partial charge in [0.15, 0.2) is 0 Å². The Bertz CT molecular complexity index is 582. The normalized spacial score (nSPS) is 9.18. The highest BCUT2D eigenvalue weighted by molar-refractivity contribution is 5.61. The molecule has 0 amide bonds. The highest BCUT2D eigenvalue weighted by atomic mass is 16.3. The van der Waals surface area contributed by atoms with Gasteiger partial charge in [0.25, 0.3) is 0 Å². The van der Waals surface area contributed by atoms with E-state index in [9.17, 15) is 5.11 Å². The Hall–Kier alpha value is -2.60. The van der Waals surface area contributed by atoms with Crippen molar-refractivity contribution in [1.82, 2.24) is 0 Å². The van der Waals surface area contributed by atoms with Crippen LogP contribution in [0.25, 0.3) is 0 Å². The van der Waals surface area contributed by atoms with Crippen LogP contribution in [0.4, 0.5) is 11.4 Å². The van der Waals surface area contributed by atoms with E-state index in [4.69, 9.17) is 5.73 Å². The number of rotatable bonds is 1. The Kier molecular flexibility index (Phi) is 3.18. The minimum absolute atomic E-state index is 0.169. The van der Waals surface area contributed by atoms with Crippen LogP contribution in [0.1, 0.15) is 5.56 Å². The lowest BCUT2D eigenvalue weighted by Crippen LogP contribution is -1.91. The molecule has 0 fully saturated rings. The smallest absolute Gasteiger partial charge is 0.139 e. The van der Waals surface area contributed by atoms with Gasteiger partial charge in [-0.05, 0) is 30.2 Å². The number of hydrogen-bond acceptors (Lipinski definition) is 3. The highest BCUT2D eigenvalue weighted by Gasteiger charge is 1.95. The first-order valence-corrected chi connectivity index (χ1v) is 5.17. The number of phenols is 1. The lowest BCUT2D eigenvalue weighted by atomic mass is 10.2. The predicted octanol–water partition coefficient (Wildman–Crippen LogP) is 2.40. The monoisotopic (exact) mass is 224 g/mol. The minimum atomic E-state index is 0.169. The van der Waals surface area contributed by atoms with Crippen LogP contribution in [0.2, 0.25) is 0 Å². The number of nitrogens with two attached hydrogens (primary N) is 1. The Morgan fingerprint density at radius 3 is 2.47 bits per heavy atom. The van der Waals surface area contributed by atoms with Crippen LogP contribution in [-0.2, 0) is 0 Å². The number of anilines is 2. The molecule has 2 aromatic rings. The summed E-state index contributed by atoms with van der Waals surface area (Å²) in [4.78, 5) is 0. The molecule has 0 aliphatic rings. The fourth-order valence-corrected chi connectivity index (χ4v) is 1.36. The first kappa shape index (κ1) is 10.9. The van der Waals surface area contributed by atoms with Gasteiger partial charge in [-0.2, -0.15) is 0 Å². The highest BCUT2D eigenvalue weighted by Crippen LogP contribution is 2.20. The van der Waals surface area contributed by atoms with Crippen molar-refractivity contribution in [3.05, 3.63) is 54.1 Å². The summed E-state index contributed by atoms with van der Waals surface area (Å²) in [5.74, 6) is 3.06. The molecular formula is C14H12N2O. The second-order valence-corrected chi connectivity index (χ2v) is 3.48. The molecular weight excluding hydrogens is 212 g/mol. The molecule has 0 unspecified atom stereocenters. The maximum Gasteiger partial charge on any atom is 0.139 e. The van der Waals surface area contributed by atoms with E-state index >= 15 is 0 Å². The maximum absolute atomic E-state index is 9.51. The van der Waals surface area contributed by atoms with E-state index in [1.54, 1.807) is 24.3 Å². The summed E-state index contributed by atoms with van der Waals surface area (Å²) in [6, 6.07) is 17.1. The fraction of sp³-hybridized carbons (Fsp3) is 0. The van der Waals surface area contributed by atoms with Gasteiger partial charge in [-0.1, -0.05) is 24.3 Å². The average molecular weight is 224 g/mol. The molecule has 3 nitrogen and oxygen atoms in total. The van der Waals surface area contributed by atoms with Crippen molar-refractivity contribution in [3.8, 4) is 17.7 Å². The molecule has 0 spiro atoms. The number of aromatic hydroxyl groups is 1. The van der Waals surface area contributed by atoms with Gasteiger partial charge >= 0.3 is 0 Å². The van der Waals surface area contributed by atoms with E-state index in [0.29, 0.717) is 11.4 Å². The predicted molar refractivity (Wildman–Crippen MR) is 69.5 cm³/mol. The number of nitrogens with one attached hydrogen (secondary N) is 1. The largest absolute Gasteiger partial charge is 0.506 e. The van der Waals surface area contributed by atoms with E-state index in [-0.39, 0.29) is 5.75 Å². The van der Waals surface area contributed by atoms with Crippen molar-refractivity contribution in [2.24, 2.45) is 0 Å². The van der Waals surface area contributed by atoms with Gasteiger partial charge < -0.3 is 16.2 Å². The molecule has 0 bridgehead atoms. The van der Waals surface area contributed by atoms with E-state index in [0.717, 1.165) is 5.56 Å². The molecule has 0 saturated carbocycles. The van der Waals surface area contributed by atoms with E-state index < -0.39 is 0 Å². The molecule has 0 saturated heterocycles. The third kappa shape index (κ3) is 2.70. The minimum Gasteiger partial charge on any atom is -0.506 e. The van der Waals surface area contributed by atoms with Crippen molar-refractivity contribution in [2.45, 2.75) is 0 Å². The number of para-hydroxylation sites is 3. The Morgan fingerprint density at radius 2 is 1.71 bits per heavy atom. The molecule has 3 heteroatoms. The Labute approximate surface area is 99.9 Å². The van der Waals surface area contributed by atoms with Crippen LogP contribution >= 0.6 is 0 Å². The molecule has 84 valence electrons. The quantitative estimate of drug-likeness (QED) is 0.302. The van der Waals surface area contributed by atoms with Crippen LogP contribution < -0.4 is 11.1 Å². The van der Waals surface area contributed by atoms with Crippen LogP contribution in [0, 0.1) is 12.0 Å². The van der Waals surface area contributed by atoms with Gasteiger partial charge in [0.2, 0.25) is 0 Å². The van der Waals surface area contributed by atoms with Gasteiger partial charge in [0.05, 0.1) is 5.69 Å². The Balaban J connectivity index is 2.15. The SMILES string of the molecule is Nc1ccccc1C#CNc1ccccc1O. The number of phenolic OH excluding ortho intramolecular Hbond substituents is 1. The first-order chi connectivity index (χ1) is 8.27. The van der Waals surface area contributed by atoms with Crippen molar-refractivity contribution >= 4 is 11.4 Å². The fourth-order valence-electron chi connectivity index (χ4n) is 1.36. The van der Waals surface area contributed by atoms with E-state index in [1.165, 1.54) is 0 Å². The standard InChI is InChI=1S/C14H12N2O/c15-12-6-2-1-5-11(12)9-10-16-13-7-3-4-8-14(13)17/h1-8,16-17H,15H2. The number of benzene rings is 2. The molecule has 2 aromatic carbocycles. The van der Waals surface area contributed by atoms with Crippen molar-refractivity contribution in [3.63, 3.8) is 0 Å². The summed E-state index contributed by atoms with van der Waals surface area (Å²) in [5.41, 5.74) is 7.73. The zero-order valence-corrected chi connectivity index (χ0v) is 9.14. The summed E-state index contributed by atoms with van der Waals surface area (Å²) < 4.78 is 0. The van der Waals surface area contributed by atoms with Gasteiger partial charge in [-0.25, -0.2) is 0 Å². The third-order valence-electron chi connectivity index (χ3n) is 2.26. The summed E-state index contributed by atoms with van der Waals surface area (Å²) in [6.07, 6.45) is 0. The van der Waals surface area contributed by atoms with Crippen LogP contribution in [0.15, 0.2) is 48.5 Å². The summed E-state index contributed by atoms with van der Waals surface area (Å²) in [7, 11) is 0. The summed E-state index contributed by atoms with van der Waals surface area (Å²) in [5, 5.41) is 12.3. The third-order valence-corrected chi connectivity index (χ3v) is 2.26. The molecule has 4 N–H and O–H groups in total. The lowest BCUT2D eigenvalue weighted by Gasteiger charge is -2.00. The van der Waals surface area contributed by atoms with Gasteiger partial charge in [-0.3, -0.25) is 0 Å².